The highest BCUT2D eigenvalue weighted by Crippen LogP contribution is 2.13. The molecule has 0 bridgehead atoms. The summed E-state index contributed by atoms with van der Waals surface area (Å²) in [6, 6.07) is 9.98. The minimum Gasteiger partial charge on any atom is -0.311 e. The van der Waals surface area contributed by atoms with E-state index in [-0.39, 0.29) is 0 Å². The topological polar surface area (TPSA) is 29.3 Å². The van der Waals surface area contributed by atoms with Crippen molar-refractivity contribution in [2.75, 3.05) is 6.54 Å². The molecule has 0 aliphatic carbocycles. The minimum atomic E-state index is 0.841. The Morgan fingerprint density at radius 1 is 1.38 bits per heavy atom. The van der Waals surface area contributed by atoms with Gasteiger partial charge in [-0.3, -0.25) is 0 Å². The molecule has 0 aliphatic heterocycles. The Hall–Kier alpha value is -1.28. The molecule has 0 spiro atoms. The van der Waals surface area contributed by atoms with E-state index in [1.54, 1.807) is 5.01 Å². The van der Waals surface area contributed by atoms with Crippen molar-refractivity contribution in [1.82, 2.24) is 5.01 Å². The molecule has 0 aromatic heterocycles. The van der Waals surface area contributed by atoms with Crippen LogP contribution in [0.1, 0.15) is 18.9 Å². The molecule has 0 heterocycles. The highest BCUT2D eigenvalue weighted by Gasteiger charge is 2.02. The fourth-order valence-corrected chi connectivity index (χ4v) is 1.17. The lowest BCUT2D eigenvalue weighted by atomic mass is 10.2. The maximum atomic E-state index is 5.79. The van der Waals surface area contributed by atoms with Crippen LogP contribution >= 0.6 is 0 Å². The Balaban J connectivity index is 2.68. The molecular weight excluding hydrogens is 160 g/mol. The minimum absolute atomic E-state index is 0.841. The van der Waals surface area contributed by atoms with Crippen molar-refractivity contribution in [2.24, 2.45) is 5.84 Å². The summed E-state index contributed by atoms with van der Waals surface area (Å²) in [7, 11) is 0. The van der Waals surface area contributed by atoms with Crippen LogP contribution in [0.25, 0.3) is 5.70 Å². The summed E-state index contributed by atoms with van der Waals surface area (Å²) in [4.78, 5) is 0. The van der Waals surface area contributed by atoms with Crippen molar-refractivity contribution in [1.29, 1.82) is 0 Å². The Bertz CT molecular complexity index is 267. The van der Waals surface area contributed by atoms with E-state index in [9.17, 15) is 0 Å². The van der Waals surface area contributed by atoms with E-state index in [1.165, 1.54) is 0 Å². The largest absolute Gasteiger partial charge is 0.311 e. The van der Waals surface area contributed by atoms with Gasteiger partial charge in [-0.05, 0) is 12.0 Å². The summed E-state index contributed by atoms with van der Waals surface area (Å²) in [6.07, 6.45) is 1.03. The molecule has 1 aromatic rings. The average molecular weight is 176 g/mol. The summed E-state index contributed by atoms with van der Waals surface area (Å²) < 4.78 is 0. The number of rotatable bonds is 4. The zero-order chi connectivity index (χ0) is 9.68. The first-order valence-corrected chi connectivity index (χ1v) is 4.52. The van der Waals surface area contributed by atoms with Gasteiger partial charge in [0.25, 0.3) is 0 Å². The average Bonchev–Trinajstić information content (AvgIpc) is 2.18. The van der Waals surface area contributed by atoms with Crippen molar-refractivity contribution < 1.29 is 0 Å². The first-order valence-electron chi connectivity index (χ1n) is 4.52. The normalized spacial score (nSPS) is 9.69. The molecule has 13 heavy (non-hydrogen) atoms. The number of hydrogen-bond donors (Lipinski definition) is 1. The molecule has 1 rings (SSSR count). The maximum absolute atomic E-state index is 5.79. The highest BCUT2D eigenvalue weighted by molar-refractivity contribution is 5.60. The summed E-state index contributed by atoms with van der Waals surface area (Å²) in [5.74, 6) is 5.79. The number of benzene rings is 1. The monoisotopic (exact) mass is 176 g/mol. The van der Waals surface area contributed by atoms with Gasteiger partial charge in [-0.2, -0.15) is 0 Å². The zero-order valence-corrected chi connectivity index (χ0v) is 8.03. The third-order valence-electron chi connectivity index (χ3n) is 1.92. The predicted molar refractivity (Wildman–Crippen MR) is 56.7 cm³/mol. The molecular formula is C11H16N2. The molecule has 0 saturated heterocycles. The van der Waals surface area contributed by atoms with E-state index in [2.05, 4.69) is 13.5 Å². The van der Waals surface area contributed by atoms with E-state index in [0.717, 1.165) is 24.2 Å². The Labute approximate surface area is 79.6 Å². The van der Waals surface area contributed by atoms with Gasteiger partial charge in [0.15, 0.2) is 0 Å². The van der Waals surface area contributed by atoms with Crippen LogP contribution in [0.2, 0.25) is 0 Å². The maximum Gasteiger partial charge on any atom is 0.0517 e. The molecule has 70 valence electrons. The number of hydrogen-bond acceptors (Lipinski definition) is 2. The van der Waals surface area contributed by atoms with Crippen LogP contribution in [0.3, 0.4) is 0 Å². The molecule has 0 radical (unpaired) electrons. The smallest absolute Gasteiger partial charge is 0.0517 e. The summed E-state index contributed by atoms with van der Waals surface area (Å²) in [5, 5.41) is 1.69. The van der Waals surface area contributed by atoms with Gasteiger partial charge in [0.2, 0.25) is 0 Å². The first-order chi connectivity index (χ1) is 6.25. The van der Waals surface area contributed by atoms with Crippen molar-refractivity contribution in [2.45, 2.75) is 13.3 Å². The second-order valence-electron chi connectivity index (χ2n) is 3.01. The predicted octanol–water partition coefficient (Wildman–Crippen LogP) is 2.24. The highest BCUT2D eigenvalue weighted by atomic mass is 15.4. The van der Waals surface area contributed by atoms with Crippen molar-refractivity contribution in [3.8, 4) is 0 Å². The number of hydrazine groups is 1. The molecule has 0 unspecified atom stereocenters. The quantitative estimate of drug-likeness (QED) is 0.563. The van der Waals surface area contributed by atoms with Gasteiger partial charge in [-0.15, -0.1) is 0 Å². The lowest BCUT2D eigenvalue weighted by molar-refractivity contribution is 0.416. The van der Waals surface area contributed by atoms with Gasteiger partial charge in [-0.1, -0.05) is 43.8 Å². The van der Waals surface area contributed by atoms with E-state index >= 15 is 0 Å². The lowest BCUT2D eigenvalue weighted by Crippen LogP contribution is -2.29. The fraction of sp³-hybridized carbons (Fsp3) is 0.273. The van der Waals surface area contributed by atoms with Gasteiger partial charge < -0.3 is 5.01 Å². The number of nitrogens with two attached hydrogens (primary N) is 1. The second kappa shape index (κ2) is 4.67. The van der Waals surface area contributed by atoms with Crippen LogP contribution in [0, 0.1) is 0 Å². The van der Waals surface area contributed by atoms with Crippen molar-refractivity contribution >= 4 is 5.70 Å². The molecule has 0 fully saturated rings. The fourth-order valence-electron chi connectivity index (χ4n) is 1.17. The van der Waals surface area contributed by atoms with Crippen LogP contribution < -0.4 is 5.84 Å². The van der Waals surface area contributed by atoms with Crippen LogP contribution in [0.5, 0.6) is 0 Å². The molecule has 0 amide bonds. The SMILES string of the molecule is C=C(c1ccccc1)N(N)CCC. The molecule has 2 heteroatoms. The van der Waals surface area contributed by atoms with Gasteiger partial charge in [0.05, 0.1) is 5.70 Å². The van der Waals surface area contributed by atoms with Crippen LogP contribution in [0.4, 0.5) is 0 Å². The Kier molecular flexibility index (Phi) is 3.53. The van der Waals surface area contributed by atoms with Crippen LogP contribution in [-0.2, 0) is 0 Å². The molecule has 0 atom stereocenters. The molecule has 0 aliphatic rings. The second-order valence-corrected chi connectivity index (χ2v) is 3.01. The summed E-state index contributed by atoms with van der Waals surface area (Å²) in [5.41, 5.74) is 1.96. The van der Waals surface area contributed by atoms with Gasteiger partial charge in [-0.25, -0.2) is 5.84 Å². The van der Waals surface area contributed by atoms with Gasteiger partial charge in [0.1, 0.15) is 0 Å². The number of nitrogens with zero attached hydrogens (tertiary/aromatic N) is 1. The zero-order valence-electron chi connectivity index (χ0n) is 8.03. The van der Waals surface area contributed by atoms with Crippen molar-refractivity contribution in [3.05, 3.63) is 42.5 Å². The van der Waals surface area contributed by atoms with Crippen LogP contribution in [0.15, 0.2) is 36.9 Å². The van der Waals surface area contributed by atoms with E-state index < -0.39 is 0 Å². The molecule has 1 aromatic carbocycles. The van der Waals surface area contributed by atoms with E-state index in [0.29, 0.717) is 0 Å². The van der Waals surface area contributed by atoms with E-state index in [4.69, 9.17) is 5.84 Å². The standard InChI is InChI=1S/C11H16N2/c1-3-9-13(12)10(2)11-7-5-4-6-8-11/h4-8H,2-3,9,12H2,1H3. The third kappa shape index (κ3) is 2.60. The van der Waals surface area contributed by atoms with Gasteiger partial charge in [0, 0.05) is 6.54 Å². The summed E-state index contributed by atoms with van der Waals surface area (Å²) in [6.45, 7) is 6.88. The molecule has 0 saturated carbocycles. The van der Waals surface area contributed by atoms with Gasteiger partial charge >= 0.3 is 0 Å². The molecule has 2 nitrogen and oxygen atoms in total. The first kappa shape index (κ1) is 9.81. The Morgan fingerprint density at radius 3 is 2.54 bits per heavy atom. The Morgan fingerprint density at radius 2 is 2.00 bits per heavy atom. The summed E-state index contributed by atoms with van der Waals surface area (Å²) >= 11 is 0. The van der Waals surface area contributed by atoms with E-state index in [1.807, 2.05) is 30.3 Å². The lowest BCUT2D eigenvalue weighted by Gasteiger charge is -2.20. The van der Waals surface area contributed by atoms with Crippen molar-refractivity contribution in [3.63, 3.8) is 0 Å². The molecule has 2 N–H and O–H groups in total. The van der Waals surface area contributed by atoms with Crippen LogP contribution in [-0.4, -0.2) is 11.6 Å². The third-order valence-corrected chi connectivity index (χ3v) is 1.92.